The normalized spacial score (nSPS) is 8.64. The minimum atomic E-state index is -1.08. The van der Waals surface area contributed by atoms with Gasteiger partial charge in [-0.1, -0.05) is 6.58 Å². The van der Waals surface area contributed by atoms with Crippen molar-refractivity contribution >= 4 is 11.9 Å². The number of carbonyl (C=O) groups is 2. The molecule has 0 aromatic rings. The van der Waals surface area contributed by atoms with Crippen LogP contribution in [-0.4, -0.2) is 18.5 Å². The zero-order chi connectivity index (χ0) is 10.3. The van der Waals surface area contributed by atoms with Gasteiger partial charge in [0.05, 0.1) is 6.61 Å². The van der Waals surface area contributed by atoms with Gasteiger partial charge in [-0.2, -0.15) is 0 Å². The predicted molar refractivity (Wildman–Crippen MR) is 44.6 cm³/mol. The van der Waals surface area contributed by atoms with E-state index in [2.05, 4.69) is 6.58 Å². The first-order valence-corrected chi connectivity index (χ1v) is 4.06. The zero-order valence-electron chi connectivity index (χ0n) is 8.67. The van der Waals surface area contributed by atoms with Gasteiger partial charge < -0.3 is 14.6 Å². The molecule has 0 aromatic heterocycles. The van der Waals surface area contributed by atoms with Crippen molar-refractivity contribution < 1.29 is 70.8 Å². The molecule has 4 nitrogen and oxygen atoms in total. The van der Waals surface area contributed by atoms with Crippen LogP contribution in [0.1, 0.15) is 26.2 Å². The van der Waals surface area contributed by atoms with Crippen LogP contribution >= 0.6 is 0 Å². The first-order chi connectivity index (χ1) is 6.04. The Labute approximate surface area is 126 Å². The zero-order valence-corrected chi connectivity index (χ0v) is 11.8. The van der Waals surface area contributed by atoms with Crippen LogP contribution in [-0.2, 0) is 14.3 Å². The Balaban J connectivity index is 0. The fourth-order valence-electron chi connectivity index (χ4n) is 0.659. The van der Waals surface area contributed by atoms with Gasteiger partial charge in [-0.25, -0.2) is 4.79 Å². The van der Waals surface area contributed by atoms with E-state index in [1.165, 1.54) is 0 Å². The van der Waals surface area contributed by atoms with Crippen molar-refractivity contribution in [2.75, 3.05) is 6.61 Å². The Bertz CT molecular complexity index is 213. The summed E-state index contributed by atoms with van der Waals surface area (Å²) in [5.74, 6) is -1.51. The summed E-state index contributed by atoms with van der Waals surface area (Å²) in [4.78, 5) is 20.8. The summed E-state index contributed by atoms with van der Waals surface area (Å²) < 4.78 is 4.73. The number of esters is 1. The van der Waals surface area contributed by atoms with E-state index in [1.807, 2.05) is 0 Å². The third-order valence-corrected chi connectivity index (χ3v) is 1.36. The van der Waals surface area contributed by atoms with Gasteiger partial charge in [0.1, 0.15) is 0 Å². The predicted octanol–water partition coefficient (Wildman–Crippen LogP) is -2.97. The van der Waals surface area contributed by atoms with Crippen molar-refractivity contribution in [2.24, 2.45) is 0 Å². The Morgan fingerprint density at radius 3 is 2.36 bits per heavy atom. The van der Waals surface area contributed by atoms with Crippen LogP contribution in [0.5, 0.6) is 0 Å². The van der Waals surface area contributed by atoms with E-state index in [-0.39, 0.29) is 64.4 Å². The van der Waals surface area contributed by atoms with Crippen LogP contribution in [0.4, 0.5) is 0 Å². The van der Waals surface area contributed by atoms with Crippen LogP contribution in [0.15, 0.2) is 12.2 Å². The fourth-order valence-corrected chi connectivity index (χ4v) is 0.659. The molecule has 0 spiro atoms. The molecule has 0 amide bonds. The third kappa shape index (κ3) is 10.4. The molecule has 0 saturated heterocycles. The average Bonchev–Trinajstić information content (AvgIpc) is 2.02. The second-order valence-corrected chi connectivity index (χ2v) is 2.75. The van der Waals surface area contributed by atoms with Crippen molar-refractivity contribution in [1.29, 1.82) is 0 Å². The molecule has 0 bridgehead atoms. The Hall–Kier alpha value is 0.316. The maximum absolute atomic E-state index is 10.8. The van der Waals surface area contributed by atoms with Crippen molar-refractivity contribution in [3.05, 3.63) is 12.2 Å². The van der Waals surface area contributed by atoms with Crippen molar-refractivity contribution in [1.82, 2.24) is 0 Å². The molecule has 0 aliphatic carbocycles. The van der Waals surface area contributed by atoms with Gasteiger partial charge in [0.25, 0.3) is 0 Å². The van der Waals surface area contributed by atoms with Crippen LogP contribution in [0.3, 0.4) is 0 Å². The summed E-state index contributed by atoms with van der Waals surface area (Å²) in [6.07, 6.45) is 1.00. The van der Waals surface area contributed by atoms with Crippen LogP contribution in [0.2, 0.25) is 0 Å². The third-order valence-electron chi connectivity index (χ3n) is 1.36. The van der Waals surface area contributed by atoms with E-state index in [1.54, 1.807) is 6.92 Å². The number of hydrogen-bond acceptors (Lipinski definition) is 4. The van der Waals surface area contributed by atoms with Crippen molar-refractivity contribution in [2.45, 2.75) is 26.2 Å². The molecule has 0 aromatic carbocycles. The molecule has 0 radical (unpaired) electrons. The maximum Gasteiger partial charge on any atom is 1.00 e. The average molecular weight is 224 g/mol. The van der Waals surface area contributed by atoms with Crippen molar-refractivity contribution in [3.63, 3.8) is 0 Å². The molecule has 0 aliphatic rings. The van der Waals surface area contributed by atoms with Gasteiger partial charge in [-0.15, -0.1) is 0 Å². The van der Waals surface area contributed by atoms with Crippen LogP contribution in [0.25, 0.3) is 0 Å². The number of carboxylic acids is 1. The monoisotopic (exact) mass is 224 g/mol. The van der Waals surface area contributed by atoms with E-state index in [9.17, 15) is 14.7 Å². The molecule has 0 aliphatic heterocycles. The first-order valence-electron chi connectivity index (χ1n) is 4.06. The molecule has 5 heteroatoms. The Kier molecular flexibility index (Phi) is 11.8. The van der Waals surface area contributed by atoms with Gasteiger partial charge in [-0.05, 0) is 26.2 Å². The van der Waals surface area contributed by atoms with E-state index in [4.69, 9.17) is 4.74 Å². The molecular weight excluding hydrogens is 211 g/mol. The smallest absolute Gasteiger partial charge is 0.550 e. The Morgan fingerprint density at radius 2 is 1.93 bits per heavy atom. The van der Waals surface area contributed by atoms with Gasteiger partial charge in [0.2, 0.25) is 0 Å². The quantitative estimate of drug-likeness (QED) is 0.209. The van der Waals surface area contributed by atoms with E-state index >= 15 is 0 Å². The summed E-state index contributed by atoms with van der Waals surface area (Å²) in [5, 5.41) is 9.97. The summed E-state index contributed by atoms with van der Waals surface area (Å²) in [6.45, 7) is 5.20. The maximum atomic E-state index is 10.8. The van der Waals surface area contributed by atoms with Crippen LogP contribution < -0.4 is 56.5 Å². The molecular formula is C9H13KO4. The number of ether oxygens (including phenoxy) is 1. The molecule has 0 fully saturated rings. The van der Waals surface area contributed by atoms with Gasteiger partial charge >= 0.3 is 57.4 Å². The molecule has 14 heavy (non-hydrogen) atoms. The van der Waals surface area contributed by atoms with Crippen molar-refractivity contribution in [3.8, 4) is 0 Å². The summed E-state index contributed by atoms with van der Waals surface area (Å²) in [6, 6.07) is 0. The van der Waals surface area contributed by atoms with E-state index < -0.39 is 11.9 Å². The van der Waals surface area contributed by atoms with Gasteiger partial charge in [-0.3, -0.25) is 0 Å². The van der Waals surface area contributed by atoms with E-state index in [0.717, 1.165) is 0 Å². The SMILES string of the molecule is C=C(C)C(=O)OCCCCC(=O)[O-].[K+]. The molecule has 0 unspecified atom stereocenters. The fraction of sp³-hybridized carbons (Fsp3) is 0.556. The molecule has 0 N–H and O–H groups in total. The summed E-state index contributed by atoms with van der Waals surface area (Å²) in [5.41, 5.74) is 0.347. The topological polar surface area (TPSA) is 66.4 Å². The number of unbranched alkanes of at least 4 members (excludes halogenated alkanes) is 1. The first kappa shape index (κ1) is 16.7. The largest absolute Gasteiger partial charge is 1.00 e. The minimum Gasteiger partial charge on any atom is -0.550 e. The number of rotatable bonds is 6. The molecule has 74 valence electrons. The number of carboxylic acid groups (broad SMARTS) is 1. The van der Waals surface area contributed by atoms with E-state index in [0.29, 0.717) is 18.4 Å². The molecule has 0 rings (SSSR count). The molecule has 0 saturated carbocycles. The summed E-state index contributed by atoms with van der Waals surface area (Å²) >= 11 is 0. The number of hydrogen-bond donors (Lipinski definition) is 0. The molecule has 0 atom stereocenters. The van der Waals surface area contributed by atoms with Crippen LogP contribution in [0, 0.1) is 0 Å². The second-order valence-electron chi connectivity index (χ2n) is 2.75. The summed E-state index contributed by atoms with van der Waals surface area (Å²) in [7, 11) is 0. The van der Waals surface area contributed by atoms with Gasteiger partial charge in [0.15, 0.2) is 0 Å². The second kappa shape index (κ2) is 9.86. The number of aliphatic carboxylic acids is 1. The number of carbonyl (C=O) groups excluding carboxylic acids is 2. The standard InChI is InChI=1S/C9H14O4.K/c1-7(2)9(12)13-6-4-3-5-8(10)11;/h1,3-6H2,2H3,(H,10,11);/q;+1/p-1. The Morgan fingerprint density at radius 1 is 1.36 bits per heavy atom. The minimum absolute atomic E-state index is 0. The molecule has 0 heterocycles. The van der Waals surface area contributed by atoms with Gasteiger partial charge in [0, 0.05) is 11.5 Å².